The lowest BCUT2D eigenvalue weighted by atomic mass is 10.0. The van der Waals surface area contributed by atoms with Crippen LogP contribution in [0.4, 0.5) is 5.69 Å². The molecule has 6 heteroatoms. The van der Waals surface area contributed by atoms with Gasteiger partial charge < -0.3 is 10.4 Å². The minimum Gasteiger partial charge on any atom is -0.478 e. The third-order valence-electron chi connectivity index (χ3n) is 4.09. The average molecular weight is 376 g/mol. The summed E-state index contributed by atoms with van der Waals surface area (Å²) in [5.74, 6) is -1.27. The van der Waals surface area contributed by atoms with Gasteiger partial charge in [-0.05, 0) is 35.2 Å². The molecule has 0 saturated carbocycles. The number of thiophene rings is 1. The van der Waals surface area contributed by atoms with Gasteiger partial charge in [-0.3, -0.25) is 4.79 Å². The first-order valence-corrected chi connectivity index (χ1v) is 9.20. The zero-order valence-corrected chi connectivity index (χ0v) is 15.1. The average Bonchev–Trinajstić information content (AvgIpc) is 3.15. The van der Waals surface area contributed by atoms with E-state index in [1.807, 2.05) is 42.5 Å². The number of carboxylic acids is 1. The molecule has 0 aliphatic heterocycles. The molecule has 2 aromatic carbocycles. The highest BCUT2D eigenvalue weighted by molar-refractivity contribution is 7.08. The molecule has 0 atom stereocenters. The molecule has 1 aromatic heterocycles. The molecular formula is C21H16N2O3S. The third-order valence-corrected chi connectivity index (χ3v) is 4.83. The molecule has 0 fully saturated rings. The van der Waals surface area contributed by atoms with E-state index < -0.39 is 5.97 Å². The van der Waals surface area contributed by atoms with Gasteiger partial charge in [-0.2, -0.15) is 5.26 Å². The van der Waals surface area contributed by atoms with Crippen LogP contribution in [0.2, 0.25) is 0 Å². The van der Waals surface area contributed by atoms with Crippen molar-refractivity contribution >= 4 is 28.9 Å². The monoisotopic (exact) mass is 376 g/mol. The zero-order valence-electron chi connectivity index (χ0n) is 14.3. The first-order chi connectivity index (χ1) is 13.1. The number of anilines is 1. The van der Waals surface area contributed by atoms with Crippen molar-refractivity contribution in [2.24, 2.45) is 0 Å². The Balaban J connectivity index is 1.60. The van der Waals surface area contributed by atoms with Gasteiger partial charge in [-0.1, -0.05) is 36.4 Å². The molecule has 134 valence electrons. The number of nitriles is 1. The second kappa shape index (κ2) is 8.30. The summed E-state index contributed by atoms with van der Waals surface area (Å²) >= 11 is 1.24. The zero-order chi connectivity index (χ0) is 19.2. The number of carboxylic acid groups (broad SMARTS) is 1. The van der Waals surface area contributed by atoms with Crippen LogP contribution >= 0.6 is 11.3 Å². The smallest absolute Gasteiger partial charge is 0.338 e. The predicted octanol–water partition coefficient (Wildman–Crippen LogP) is 4.56. The van der Waals surface area contributed by atoms with Gasteiger partial charge in [0.05, 0.1) is 22.9 Å². The maximum Gasteiger partial charge on any atom is 0.338 e. The highest BCUT2D eigenvalue weighted by atomic mass is 32.1. The van der Waals surface area contributed by atoms with Gasteiger partial charge in [0.15, 0.2) is 0 Å². The number of hydrogen-bond donors (Lipinski definition) is 2. The molecule has 2 N–H and O–H groups in total. The fourth-order valence-electron chi connectivity index (χ4n) is 2.66. The van der Waals surface area contributed by atoms with E-state index in [1.54, 1.807) is 11.4 Å². The maximum absolute atomic E-state index is 12.1. The fraction of sp³-hybridized carbons (Fsp3) is 0.0952. The molecule has 0 radical (unpaired) electrons. The molecule has 0 spiro atoms. The summed E-state index contributed by atoms with van der Waals surface area (Å²) < 4.78 is 0. The summed E-state index contributed by atoms with van der Waals surface area (Å²) in [6.07, 6.45) is 0.815. The SMILES string of the molecule is N#Cc1cccc(-c2ccc(CCC(=O)Nc3cscc3C(=O)O)cc2)c1. The summed E-state index contributed by atoms with van der Waals surface area (Å²) in [5.41, 5.74) is 4.04. The molecule has 0 unspecified atom stereocenters. The highest BCUT2D eigenvalue weighted by Gasteiger charge is 2.13. The standard InChI is InChI=1S/C21H16N2O3S/c22-11-15-2-1-3-17(10-15)16-7-4-14(5-8-16)6-9-20(24)23-19-13-27-12-18(19)21(25)26/h1-5,7-8,10,12-13H,6,9H2,(H,23,24)(H,25,26). The number of carbonyl (C=O) groups is 2. The van der Waals surface area contributed by atoms with Crippen LogP contribution in [0, 0.1) is 11.3 Å². The molecule has 1 amide bonds. The van der Waals surface area contributed by atoms with Crippen LogP contribution < -0.4 is 5.32 Å². The van der Waals surface area contributed by atoms with Gasteiger partial charge >= 0.3 is 5.97 Å². The number of aromatic carboxylic acids is 1. The first kappa shape index (κ1) is 18.4. The minimum atomic E-state index is -1.05. The summed E-state index contributed by atoms with van der Waals surface area (Å²) in [7, 11) is 0. The second-order valence-electron chi connectivity index (χ2n) is 5.94. The molecule has 0 saturated heterocycles. The molecule has 3 aromatic rings. The number of carbonyl (C=O) groups excluding carboxylic acids is 1. The molecule has 0 bridgehead atoms. The topological polar surface area (TPSA) is 90.2 Å². The van der Waals surface area contributed by atoms with Gasteiger partial charge in [0.25, 0.3) is 0 Å². The molecule has 5 nitrogen and oxygen atoms in total. The number of aryl methyl sites for hydroxylation is 1. The summed E-state index contributed by atoms with van der Waals surface area (Å²) in [4.78, 5) is 23.2. The number of rotatable bonds is 6. The number of hydrogen-bond acceptors (Lipinski definition) is 4. The van der Waals surface area contributed by atoms with Crippen LogP contribution in [0.3, 0.4) is 0 Å². The van der Waals surface area contributed by atoms with Crippen molar-refractivity contribution in [3.63, 3.8) is 0 Å². The molecular weight excluding hydrogens is 360 g/mol. The van der Waals surface area contributed by atoms with Gasteiger partial charge in [-0.25, -0.2) is 4.79 Å². The number of nitrogens with zero attached hydrogens (tertiary/aromatic N) is 1. The number of amides is 1. The fourth-order valence-corrected chi connectivity index (χ4v) is 3.42. The van der Waals surface area contributed by atoms with Crippen LogP contribution in [0.15, 0.2) is 59.3 Å². The Morgan fingerprint density at radius 1 is 1.07 bits per heavy atom. The van der Waals surface area contributed by atoms with Crippen molar-refractivity contribution in [1.82, 2.24) is 0 Å². The number of benzene rings is 2. The van der Waals surface area contributed by atoms with Crippen molar-refractivity contribution in [3.05, 3.63) is 76.0 Å². The Hall–Kier alpha value is -3.43. The van der Waals surface area contributed by atoms with Gasteiger partial charge in [0.1, 0.15) is 0 Å². The van der Waals surface area contributed by atoms with Crippen LogP contribution in [0.25, 0.3) is 11.1 Å². The lowest BCUT2D eigenvalue weighted by molar-refractivity contribution is -0.116. The Kier molecular flexibility index (Phi) is 5.64. The van der Waals surface area contributed by atoms with E-state index in [4.69, 9.17) is 10.4 Å². The minimum absolute atomic E-state index is 0.109. The van der Waals surface area contributed by atoms with Crippen LogP contribution in [0.5, 0.6) is 0 Å². The molecule has 27 heavy (non-hydrogen) atoms. The van der Waals surface area contributed by atoms with E-state index in [2.05, 4.69) is 11.4 Å². The Labute approximate surface area is 160 Å². The molecule has 0 aliphatic carbocycles. The highest BCUT2D eigenvalue weighted by Crippen LogP contribution is 2.23. The van der Waals surface area contributed by atoms with E-state index in [1.165, 1.54) is 16.7 Å². The van der Waals surface area contributed by atoms with Gasteiger partial charge in [0, 0.05) is 17.2 Å². The van der Waals surface area contributed by atoms with Crippen LogP contribution in [0.1, 0.15) is 27.9 Å². The molecule has 0 aliphatic rings. The van der Waals surface area contributed by atoms with Crippen molar-refractivity contribution in [3.8, 4) is 17.2 Å². The van der Waals surface area contributed by atoms with E-state index in [0.29, 0.717) is 17.7 Å². The lowest BCUT2D eigenvalue weighted by Crippen LogP contribution is -2.14. The maximum atomic E-state index is 12.1. The Bertz CT molecular complexity index is 1020. The van der Waals surface area contributed by atoms with Crippen LogP contribution in [-0.4, -0.2) is 17.0 Å². The normalized spacial score (nSPS) is 10.2. The largest absolute Gasteiger partial charge is 0.478 e. The first-order valence-electron chi connectivity index (χ1n) is 8.25. The van der Waals surface area contributed by atoms with Crippen molar-refractivity contribution in [2.45, 2.75) is 12.8 Å². The van der Waals surface area contributed by atoms with Crippen LogP contribution in [-0.2, 0) is 11.2 Å². The molecule has 1 heterocycles. The summed E-state index contributed by atoms with van der Waals surface area (Å²) in [6.45, 7) is 0. The third kappa shape index (κ3) is 4.60. The second-order valence-corrected chi connectivity index (χ2v) is 6.69. The quantitative estimate of drug-likeness (QED) is 0.660. The van der Waals surface area contributed by atoms with E-state index in [0.717, 1.165) is 16.7 Å². The van der Waals surface area contributed by atoms with Crippen molar-refractivity contribution < 1.29 is 14.7 Å². The Morgan fingerprint density at radius 2 is 1.85 bits per heavy atom. The summed E-state index contributed by atoms with van der Waals surface area (Å²) in [6, 6.07) is 17.4. The van der Waals surface area contributed by atoms with Gasteiger partial charge in [0.2, 0.25) is 5.91 Å². The lowest BCUT2D eigenvalue weighted by Gasteiger charge is -2.06. The van der Waals surface area contributed by atoms with Crippen molar-refractivity contribution in [2.75, 3.05) is 5.32 Å². The predicted molar refractivity (Wildman–Crippen MR) is 105 cm³/mol. The molecule has 3 rings (SSSR count). The van der Waals surface area contributed by atoms with Crippen molar-refractivity contribution in [1.29, 1.82) is 5.26 Å². The van der Waals surface area contributed by atoms with E-state index in [-0.39, 0.29) is 17.9 Å². The summed E-state index contributed by atoms with van der Waals surface area (Å²) in [5, 5.41) is 23.8. The van der Waals surface area contributed by atoms with E-state index >= 15 is 0 Å². The Morgan fingerprint density at radius 3 is 2.56 bits per heavy atom. The van der Waals surface area contributed by atoms with E-state index in [9.17, 15) is 9.59 Å². The number of nitrogens with one attached hydrogen (secondary N) is 1. The van der Waals surface area contributed by atoms with Gasteiger partial charge in [-0.15, -0.1) is 11.3 Å².